The van der Waals surface area contributed by atoms with Crippen LogP contribution in [0.1, 0.15) is 9.67 Å². The van der Waals surface area contributed by atoms with Crippen LogP contribution in [-0.2, 0) is 0 Å². The zero-order valence-corrected chi connectivity index (χ0v) is 18.0. The van der Waals surface area contributed by atoms with Gasteiger partial charge < -0.3 is 24.1 Å². The Morgan fingerprint density at radius 1 is 0.935 bits per heavy atom. The standard InChI is InChI=1S/C21H19N3O6S/c1-27-14-6-5-11(7-15(14)28-2)18-19(20(25)26)31-21(23-18)24-10-22-12-8-16(29-3)17(30-4)9-13(12)24/h5-10H,1-4H3,(H,25,26). The van der Waals surface area contributed by atoms with Crippen molar-refractivity contribution < 1.29 is 28.8 Å². The number of benzene rings is 2. The molecule has 2 aromatic heterocycles. The van der Waals surface area contributed by atoms with Crippen molar-refractivity contribution >= 4 is 28.3 Å². The van der Waals surface area contributed by atoms with E-state index in [0.29, 0.717) is 50.4 Å². The minimum Gasteiger partial charge on any atom is -0.493 e. The number of carbonyl (C=O) groups is 1. The summed E-state index contributed by atoms with van der Waals surface area (Å²) in [6, 6.07) is 8.68. The topological polar surface area (TPSA) is 105 Å². The van der Waals surface area contributed by atoms with E-state index in [9.17, 15) is 9.90 Å². The molecule has 0 amide bonds. The molecule has 0 fully saturated rings. The first-order valence-electron chi connectivity index (χ1n) is 9.06. The van der Waals surface area contributed by atoms with E-state index >= 15 is 0 Å². The number of hydrogen-bond acceptors (Lipinski definition) is 8. The lowest BCUT2D eigenvalue weighted by atomic mass is 10.1. The molecule has 1 N–H and O–H groups in total. The summed E-state index contributed by atoms with van der Waals surface area (Å²) in [5.74, 6) is 1.04. The summed E-state index contributed by atoms with van der Waals surface area (Å²) in [5.41, 5.74) is 2.30. The van der Waals surface area contributed by atoms with Crippen LogP contribution in [0.15, 0.2) is 36.7 Å². The molecule has 0 aliphatic rings. The van der Waals surface area contributed by atoms with Gasteiger partial charge in [0.1, 0.15) is 11.2 Å². The van der Waals surface area contributed by atoms with Crippen LogP contribution >= 0.6 is 11.3 Å². The lowest BCUT2D eigenvalue weighted by molar-refractivity contribution is 0.0702. The van der Waals surface area contributed by atoms with Gasteiger partial charge in [0.15, 0.2) is 28.1 Å². The van der Waals surface area contributed by atoms with Crippen LogP contribution in [0.3, 0.4) is 0 Å². The van der Waals surface area contributed by atoms with Gasteiger partial charge in [0.25, 0.3) is 0 Å². The number of carboxylic acid groups (broad SMARTS) is 1. The van der Waals surface area contributed by atoms with Crippen LogP contribution in [0, 0.1) is 0 Å². The number of ether oxygens (including phenoxy) is 4. The molecule has 0 aliphatic heterocycles. The van der Waals surface area contributed by atoms with Gasteiger partial charge in [0.2, 0.25) is 0 Å². The monoisotopic (exact) mass is 441 g/mol. The van der Waals surface area contributed by atoms with Gasteiger partial charge in [-0.2, -0.15) is 0 Å². The molecule has 160 valence electrons. The van der Waals surface area contributed by atoms with E-state index in [1.54, 1.807) is 55.4 Å². The molecule has 0 saturated heterocycles. The van der Waals surface area contributed by atoms with Gasteiger partial charge in [-0.3, -0.25) is 4.57 Å². The van der Waals surface area contributed by atoms with E-state index in [1.807, 2.05) is 0 Å². The fourth-order valence-electron chi connectivity index (χ4n) is 3.22. The molecule has 2 aromatic carbocycles. The SMILES string of the molecule is COc1ccc(-c2nc(-n3cnc4cc(OC)c(OC)cc43)sc2C(=O)O)cc1OC. The summed E-state index contributed by atoms with van der Waals surface area (Å²) in [5, 5.41) is 10.2. The molecule has 0 aliphatic carbocycles. The highest BCUT2D eigenvalue weighted by Gasteiger charge is 2.22. The van der Waals surface area contributed by atoms with E-state index in [4.69, 9.17) is 18.9 Å². The molecular weight excluding hydrogens is 422 g/mol. The van der Waals surface area contributed by atoms with Crippen molar-refractivity contribution in [2.75, 3.05) is 28.4 Å². The second-order valence-electron chi connectivity index (χ2n) is 6.36. The average Bonchev–Trinajstić information content (AvgIpc) is 3.41. The fraction of sp³-hybridized carbons (Fsp3) is 0.190. The van der Waals surface area contributed by atoms with E-state index in [-0.39, 0.29) is 4.88 Å². The van der Waals surface area contributed by atoms with Crippen molar-refractivity contribution in [1.82, 2.24) is 14.5 Å². The molecule has 4 aromatic rings. The Kier molecular flexibility index (Phi) is 5.38. The van der Waals surface area contributed by atoms with Crippen molar-refractivity contribution in [2.24, 2.45) is 0 Å². The first kappa shape index (κ1) is 20.5. The molecule has 0 spiro atoms. The Hall–Kier alpha value is -3.79. The highest BCUT2D eigenvalue weighted by molar-refractivity contribution is 7.16. The number of rotatable bonds is 7. The number of thiazole rings is 1. The van der Waals surface area contributed by atoms with Crippen LogP contribution in [0.2, 0.25) is 0 Å². The Labute approximate surface area is 181 Å². The molecule has 4 rings (SSSR count). The molecule has 31 heavy (non-hydrogen) atoms. The molecular formula is C21H19N3O6S. The minimum absolute atomic E-state index is 0.101. The zero-order chi connectivity index (χ0) is 22.1. The fourth-order valence-corrected chi connectivity index (χ4v) is 4.14. The van der Waals surface area contributed by atoms with Crippen molar-refractivity contribution in [1.29, 1.82) is 0 Å². The van der Waals surface area contributed by atoms with Gasteiger partial charge in [0.05, 0.1) is 45.2 Å². The predicted molar refractivity (Wildman–Crippen MR) is 115 cm³/mol. The lowest BCUT2D eigenvalue weighted by Crippen LogP contribution is -1.97. The van der Waals surface area contributed by atoms with Crippen LogP contribution in [0.25, 0.3) is 27.4 Å². The van der Waals surface area contributed by atoms with Crippen LogP contribution in [-0.4, -0.2) is 54.1 Å². The van der Waals surface area contributed by atoms with Gasteiger partial charge in [-0.25, -0.2) is 14.8 Å². The summed E-state index contributed by atoms with van der Waals surface area (Å²) in [4.78, 5) is 21.1. The summed E-state index contributed by atoms with van der Waals surface area (Å²) in [7, 11) is 6.15. The van der Waals surface area contributed by atoms with Crippen molar-refractivity contribution in [2.45, 2.75) is 0 Å². The van der Waals surface area contributed by atoms with E-state index < -0.39 is 5.97 Å². The molecule has 0 unspecified atom stereocenters. The number of hydrogen-bond donors (Lipinski definition) is 1. The van der Waals surface area contributed by atoms with E-state index in [1.165, 1.54) is 14.2 Å². The third-order valence-electron chi connectivity index (χ3n) is 4.73. The van der Waals surface area contributed by atoms with E-state index in [0.717, 1.165) is 11.3 Å². The highest BCUT2D eigenvalue weighted by Crippen LogP contribution is 2.38. The largest absolute Gasteiger partial charge is 0.493 e. The maximum atomic E-state index is 12.0. The minimum atomic E-state index is -1.07. The smallest absolute Gasteiger partial charge is 0.348 e. The zero-order valence-electron chi connectivity index (χ0n) is 17.2. The molecule has 9 nitrogen and oxygen atoms in total. The Morgan fingerprint density at radius 3 is 2.23 bits per heavy atom. The molecule has 10 heteroatoms. The maximum Gasteiger partial charge on any atom is 0.348 e. The molecule has 0 saturated carbocycles. The van der Waals surface area contributed by atoms with Crippen LogP contribution in [0.5, 0.6) is 23.0 Å². The molecule has 0 bridgehead atoms. The second kappa shape index (κ2) is 8.15. The van der Waals surface area contributed by atoms with Gasteiger partial charge in [-0.15, -0.1) is 0 Å². The lowest BCUT2D eigenvalue weighted by Gasteiger charge is -2.09. The first-order chi connectivity index (χ1) is 15.0. The Balaban J connectivity index is 1.88. The molecule has 0 radical (unpaired) electrons. The quantitative estimate of drug-likeness (QED) is 0.461. The summed E-state index contributed by atoms with van der Waals surface area (Å²) in [6.45, 7) is 0. The number of aromatic nitrogens is 3. The number of nitrogens with zero attached hydrogens (tertiary/aromatic N) is 3. The Bertz CT molecular complexity index is 1280. The Morgan fingerprint density at radius 2 is 1.58 bits per heavy atom. The summed E-state index contributed by atoms with van der Waals surface area (Å²) in [6.07, 6.45) is 1.59. The van der Waals surface area contributed by atoms with Gasteiger partial charge >= 0.3 is 5.97 Å². The maximum absolute atomic E-state index is 12.0. The van der Waals surface area contributed by atoms with Crippen LogP contribution in [0.4, 0.5) is 0 Å². The molecule has 0 atom stereocenters. The first-order valence-corrected chi connectivity index (χ1v) is 9.88. The number of fused-ring (bicyclic) bond motifs is 1. The molecule has 2 heterocycles. The summed E-state index contributed by atoms with van der Waals surface area (Å²) >= 11 is 1.05. The number of carboxylic acids is 1. The second-order valence-corrected chi connectivity index (χ2v) is 7.34. The average molecular weight is 441 g/mol. The third-order valence-corrected chi connectivity index (χ3v) is 5.77. The summed E-state index contributed by atoms with van der Waals surface area (Å²) < 4.78 is 23.0. The predicted octanol–water partition coefficient (Wildman–Crippen LogP) is 3.88. The van der Waals surface area contributed by atoms with Crippen molar-refractivity contribution in [3.05, 3.63) is 41.5 Å². The number of aromatic carboxylic acids is 1. The number of methoxy groups -OCH3 is 4. The third kappa shape index (κ3) is 3.50. The van der Waals surface area contributed by atoms with E-state index in [2.05, 4.69) is 9.97 Å². The van der Waals surface area contributed by atoms with Gasteiger partial charge in [0, 0.05) is 17.7 Å². The van der Waals surface area contributed by atoms with Gasteiger partial charge in [-0.1, -0.05) is 11.3 Å². The van der Waals surface area contributed by atoms with Crippen molar-refractivity contribution in [3.63, 3.8) is 0 Å². The normalized spacial score (nSPS) is 10.8. The van der Waals surface area contributed by atoms with Crippen LogP contribution < -0.4 is 18.9 Å². The number of imidazole rings is 1. The van der Waals surface area contributed by atoms with Gasteiger partial charge in [-0.05, 0) is 18.2 Å². The van der Waals surface area contributed by atoms with Crippen molar-refractivity contribution in [3.8, 4) is 39.4 Å². The highest BCUT2D eigenvalue weighted by atomic mass is 32.1.